The van der Waals surface area contributed by atoms with Gasteiger partial charge in [0.2, 0.25) is 5.91 Å². The van der Waals surface area contributed by atoms with Gasteiger partial charge >= 0.3 is 5.97 Å². The first kappa shape index (κ1) is 91.4. The van der Waals surface area contributed by atoms with E-state index in [0.717, 1.165) is 51.4 Å². The fourth-order valence-electron chi connectivity index (χ4n) is 14.0. The largest absolute Gasteiger partial charge is 0.466 e. The van der Waals surface area contributed by atoms with E-state index in [9.17, 15) is 35.1 Å². The predicted octanol–water partition coefficient (Wildman–Crippen LogP) is 23.3. The SMILES string of the molecule is CCCCCCCCCC/C=C/C(O)C(COC1OC(CO)C(O)C(O)C1O)NC(=O)CCCCCCCCCCCCCCCCCCCCCCCCCCCCCCCCCCCCCCCCCOC(=O)CCCCCCCCCCCCCCCCCCCC. The molecule has 1 rings (SSSR count). The van der Waals surface area contributed by atoms with E-state index in [1.54, 1.807) is 6.08 Å². The van der Waals surface area contributed by atoms with E-state index >= 15 is 0 Å². The van der Waals surface area contributed by atoms with Crippen LogP contribution in [0.15, 0.2) is 12.2 Å². The van der Waals surface area contributed by atoms with Gasteiger partial charge in [-0.2, -0.15) is 0 Å². The summed E-state index contributed by atoms with van der Waals surface area (Å²) in [6.45, 7) is 4.40. The third-order valence-electron chi connectivity index (χ3n) is 20.7. The number of aliphatic hydroxyl groups is 5. The molecule has 1 fully saturated rings. The predicted molar refractivity (Wildman–Crippen MR) is 403 cm³/mol. The van der Waals surface area contributed by atoms with Crippen molar-refractivity contribution in [1.29, 1.82) is 0 Å². The standard InChI is InChI=1S/C84H163NO10/c1-3-5-7-9-11-13-15-16-17-18-43-46-49-52-56-60-64-68-72-80(89)93-73-69-65-61-57-53-50-47-44-41-39-37-35-33-31-29-27-25-23-21-19-20-22-24-26-28-30-32-34-36-38-40-42-45-48-51-55-59-63-67-71-79(88)85-76(75-94-84-83(92)82(91)81(90)78(74-86)95-84)77(87)70-66-62-58-54-14-12-10-8-6-4-2/h66,70,76-78,81-84,86-87,90-92H,3-65,67-69,71-75H2,1-2H3,(H,85,88)/b70-66+. The van der Waals surface area contributed by atoms with E-state index in [4.69, 9.17) is 14.2 Å². The number of carbonyl (C=O) groups is 2. The molecule has 0 aromatic carbocycles. The average molecular weight is 1350 g/mol. The molecule has 11 nitrogen and oxygen atoms in total. The van der Waals surface area contributed by atoms with Crippen molar-refractivity contribution in [3.63, 3.8) is 0 Å². The Balaban J connectivity index is 1.82. The molecule has 1 saturated heterocycles. The third kappa shape index (κ3) is 62.0. The summed E-state index contributed by atoms with van der Waals surface area (Å²) in [6.07, 6.45) is 84.3. The summed E-state index contributed by atoms with van der Waals surface area (Å²) in [5.41, 5.74) is 0. The number of hydrogen-bond donors (Lipinski definition) is 6. The summed E-state index contributed by atoms with van der Waals surface area (Å²) in [4.78, 5) is 25.2. The van der Waals surface area contributed by atoms with E-state index in [2.05, 4.69) is 19.2 Å². The van der Waals surface area contributed by atoms with E-state index < -0.39 is 49.5 Å². The van der Waals surface area contributed by atoms with Crippen LogP contribution in [0.5, 0.6) is 0 Å². The molecular formula is C84H163NO10. The van der Waals surface area contributed by atoms with Gasteiger partial charge in [-0.05, 0) is 32.1 Å². The first-order valence-electron chi connectivity index (χ1n) is 42.5. The topological polar surface area (TPSA) is 175 Å². The van der Waals surface area contributed by atoms with Crippen LogP contribution < -0.4 is 5.32 Å². The number of amides is 1. The zero-order chi connectivity index (χ0) is 68.6. The van der Waals surface area contributed by atoms with Gasteiger partial charge in [0.1, 0.15) is 24.4 Å². The Morgan fingerprint density at radius 2 is 0.663 bits per heavy atom. The van der Waals surface area contributed by atoms with Gasteiger partial charge in [0.15, 0.2) is 6.29 Å². The van der Waals surface area contributed by atoms with E-state index in [0.29, 0.717) is 19.4 Å². The summed E-state index contributed by atoms with van der Waals surface area (Å²) >= 11 is 0. The lowest BCUT2D eigenvalue weighted by Gasteiger charge is -2.40. The van der Waals surface area contributed by atoms with E-state index in [-0.39, 0.29) is 18.5 Å². The van der Waals surface area contributed by atoms with Gasteiger partial charge in [0.25, 0.3) is 0 Å². The zero-order valence-corrected chi connectivity index (χ0v) is 63.2. The van der Waals surface area contributed by atoms with Crippen LogP contribution in [-0.4, -0.2) is 100 Å². The Hall–Kier alpha value is -1.60. The quantitative estimate of drug-likeness (QED) is 0.0195. The maximum absolute atomic E-state index is 13.1. The van der Waals surface area contributed by atoms with Gasteiger partial charge in [-0.3, -0.25) is 9.59 Å². The highest BCUT2D eigenvalue weighted by molar-refractivity contribution is 5.76. The smallest absolute Gasteiger partial charge is 0.305 e. The maximum Gasteiger partial charge on any atom is 0.305 e. The van der Waals surface area contributed by atoms with Gasteiger partial charge in [-0.1, -0.05) is 418 Å². The van der Waals surface area contributed by atoms with E-state index in [1.807, 2.05) is 6.08 Å². The Labute approximate surface area is 589 Å². The van der Waals surface area contributed by atoms with Gasteiger partial charge in [-0.25, -0.2) is 0 Å². The average Bonchev–Trinajstić information content (AvgIpc) is 0.872. The summed E-state index contributed by atoms with van der Waals surface area (Å²) in [6, 6.07) is -0.803. The first-order chi connectivity index (χ1) is 46.7. The highest BCUT2D eigenvalue weighted by atomic mass is 16.7. The van der Waals surface area contributed by atoms with Gasteiger partial charge in [0.05, 0.1) is 32.0 Å². The number of ether oxygens (including phenoxy) is 3. The lowest BCUT2D eigenvalue weighted by Crippen LogP contribution is -2.60. The van der Waals surface area contributed by atoms with Crippen molar-refractivity contribution in [3.05, 3.63) is 12.2 Å². The molecule has 1 amide bonds. The highest BCUT2D eigenvalue weighted by Gasteiger charge is 2.44. The Bertz CT molecular complexity index is 1580. The van der Waals surface area contributed by atoms with Gasteiger partial charge in [0, 0.05) is 12.8 Å². The zero-order valence-electron chi connectivity index (χ0n) is 63.2. The molecule has 6 N–H and O–H groups in total. The van der Waals surface area contributed by atoms with Crippen molar-refractivity contribution in [2.45, 2.75) is 493 Å². The summed E-state index contributed by atoms with van der Waals surface area (Å²) in [7, 11) is 0. The maximum atomic E-state index is 13.1. The monoisotopic (exact) mass is 1350 g/mol. The van der Waals surface area contributed by atoms with Crippen molar-refractivity contribution >= 4 is 11.9 Å². The Kier molecular flexibility index (Phi) is 70.8. The summed E-state index contributed by atoms with van der Waals surface area (Å²) < 4.78 is 16.8. The second kappa shape index (κ2) is 73.6. The highest BCUT2D eigenvalue weighted by Crippen LogP contribution is 2.24. The molecule has 0 saturated carbocycles. The minimum absolute atomic E-state index is 0.0240. The minimum Gasteiger partial charge on any atom is -0.466 e. The molecule has 0 radical (unpaired) electrons. The van der Waals surface area contributed by atoms with Crippen LogP contribution in [0, 0.1) is 0 Å². The molecule has 0 bridgehead atoms. The van der Waals surface area contributed by atoms with Crippen molar-refractivity contribution in [2.24, 2.45) is 0 Å². The van der Waals surface area contributed by atoms with Crippen molar-refractivity contribution in [1.82, 2.24) is 5.32 Å². The molecule has 1 aliphatic rings. The molecule has 11 heteroatoms. The fourth-order valence-corrected chi connectivity index (χ4v) is 14.0. The van der Waals surface area contributed by atoms with Crippen LogP contribution in [-0.2, 0) is 23.8 Å². The lowest BCUT2D eigenvalue weighted by molar-refractivity contribution is -0.302. The van der Waals surface area contributed by atoms with Crippen LogP contribution >= 0.6 is 0 Å². The molecule has 7 atom stereocenters. The molecule has 0 aromatic rings. The summed E-state index contributed by atoms with van der Waals surface area (Å²) in [5.74, 6) is -0.150. The Morgan fingerprint density at radius 1 is 0.379 bits per heavy atom. The van der Waals surface area contributed by atoms with Crippen molar-refractivity contribution in [2.75, 3.05) is 19.8 Å². The van der Waals surface area contributed by atoms with Crippen molar-refractivity contribution < 1.29 is 49.3 Å². The molecular weight excluding hydrogens is 1180 g/mol. The normalized spacial score (nSPS) is 17.3. The number of unbranched alkanes of at least 4 members (excludes halogenated alkanes) is 63. The number of allylic oxidation sites excluding steroid dienone is 1. The van der Waals surface area contributed by atoms with Crippen LogP contribution in [0.1, 0.15) is 450 Å². The van der Waals surface area contributed by atoms with E-state index in [1.165, 1.54) is 372 Å². The molecule has 0 spiro atoms. The van der Waals surface area contributed by atoms with Gasteiger partial charge < -0.3 is 45.1 Å². The lowest BCUT2D eigenvalue weighted by atomic mass is 9.99. The number of aliphatic hydroxyl groups excluding tert-OH is 5. The van der Waals surface area contributed by atoms with Crippen LogP contribution in [0.2, 0.25) is 0 Å². The van der Waals surface area contributed by atoms with Crippen molar-refractivity contribution in [3.8, 4) is 0 Å². The molecule has 7 unspecified atom stereocenters. The molecule has 0 aliphatic carbocycles. The van der Waals surface area contributed by atoms with Gasteiger partial charge in [-0.15, -0.1) is 0 Å². The van der Waals surface area contributed by atoms with Crippen LogP contribution in [0.25, 0.3) is 0 Å². The molecule has 564 valence electrons. The second-order valence-corrected chi connectivity index (χ2v) is 29.9. The van der Waals surface area contributed by atoms with Crippen LogP contribution in [0.4, 0.5) is 0 Å². The number of hydrogen-bond acceptors (Lipinski definition) is 10. The first-order valence-corrected chi connectivity index (χ1v) is 42.5. The summed E-state index contributed by atoms with van der Waals surface area (Å²) in [5, 5.41) is 54.4. The van der Waals surface area contributed by atoms with Crippen LogP contribution in [0.3, 0.4) is 0 Å². The third-order valence-corrected chi connectivity index (χ3v) is 20.7. The molecule has 1 heterocycles. The molecule has 0 aromatic heterocycles. The minimum atomic E-state index is -1.57. The number of rotatable bonds is 77. The fraction of sp³-hybridized carbons (Fsp3) is 0.952. The number of nitrogens with one attached hydrogen (secondary N) is 1. The molecule has 1 aliphatic heterocycles. The number of esters is 1. The molecule has 95 heavy (non-hydrogen) atoms. The Morgan fingerprint density at radius 3 is 0.979 bits per heavy atom. The number of carbonyl (C=O) groups excluding carboxylic acids is 2. The second-order valence-electron chi connectivity index (χ2n) is 29.9.